The van der Waals surface area contributed by atoms with Gasteiger partial charge < -0.3 is 19.7 Å². The van der Waals surface area contributed by atoms with Crippen molar-refractivity contribution in [2.75, 3.05) is 39.5 Å². The van der Waals surface area contributed by atoms with Crippen molar-refractivity contribution in [1.82, 2.24) is 15.1 Å². The number of rotatable bonds is 5. The predicted octanol–water partition coefficient (Wildman–Crippen LogP) is 1.22. The van der Waals surface area contributed by atoms with E-state index in [2.05, 4.69) is 24.1 Å². The van der Waals surface area contributed by atoms with E-state index in [0.29, 0.717) is 25.6 Å². The fourth-order valence-corrected chi connectivity index (χ4v) is 3.10. The third kappa shape index (κ3) is 4.66. The summed E-state index contributed by atoms with van der Waals surface area (Å²) in [7, 11) is 0. The summed E-state index contributed by atoms with van der Waals surface area (Å²) >= 11 is 0. The molecule has 1 aromatic rings. The van der Waals surface area contributed by atoms with Crippen LogP contribution in [0.2, 0.25) is 0 Å². The highest BCUT2D eigenvalue weighted by Gasteiger charge is 2.26. The molecular formula is C19H27N3O4. The molecule has 0 aliphatic carbocycles. The SMILES string of the molecule is CC(C)CCNC(=O)C(=O)N1CCN(Cc2ccc3c(c2)OCO3)CC1. The number of benzene rings is 1. The Morgan fingerprint density at radius 2 is 1.85 bits per heavy atom. The molecule has 7 heteroatoms. The topological polar surface area (TPSA) is 71.1 Å². The highest BCUT2D eigenvalue weighted by molar-refractivity contribution is 6.35. The van der Waals surface area contributed by atoms with Gasteiger partial charge in [0.2, 0.25) is 6.79 Å². The molecule has 2 heterocycles. The quantitative estimate of drug-likeness (QED) is 0.799. The second kappa shape index (κ2) is 8.40. The number of carbonyl (C=O) groups excluding carboxylic acids is 2. The maximum absolute atomic E-state index is 12.2. The van der Waals surface area contributed by atoms with Crippen LogP contribution in [0.3, 0.4) is 0 Å². The second-order valence-corrected chi connectivity index (χ2v) is 7.19. The second-order valence-electron chi connectivity index (χ2n) is 7.19. The molecule has 7 nitrogen and oxygen atoms in total. The lowest BCUT2D eigenvalue weighted by molar-refractivity contribution is -0.147. The van der Waals surface area contributed by atoms with Crippen LogP contribution >= 0.6 is 0 Å². The van der Waals surface area contributed by atoms with E-state index in [4.69, 9.17) is 9.47 Å². The first-order chi connectivity index (χ1) is 12.5. The predicted molar refractivity (Wildman–Crippen MR) is 96.9 cm³/mol. The number of hydrogen-bond acceptors (Lipinski definition) is 5. The van der Waals surface area contributed by atoms with Crippen LogP contribution in [0.15, 0.2) is 18.2 Å². The molecule has 0 saturated carbocycles. The minimum atomic E-state index is -0.491. The number of hydrogen-bond donors (Lipinski definition) is 1. The van der Waals surface area contributed by atoms with E-state index in [1.54, 1.807) is 4.90 Å². The first-order valence-corrected chi connectivity index (χ1v) is 9.21. The zero-order valence-corrected chi connectivity index (χ0v) is 15.5. The minimum absolute atomic E-state index is 0.277. The van der Waals surface area contributed by atoms with Crippen molar-refractivity contribution in [3.05, 3.63) is 23.8 Å². The molecule has 142 valence electrons. The standard InChI is InChI=1S/C19H27N3O4/c1-14(2)5-6-20-18(23)19(24)22-9-7-21(8-10-22)12-15-3-4-16-17(11-15)26-13-25-16/h3-4,11,14H,5-10,12-13H2,1-2H3,(H,20,23). The van der Waals surface area contributed by atoms with Crippen LogP contribution in [0.1, 0.15) is 25.8 Å². The van der Waals surface area contributed by atoms with Crippen LogP contribution in [-0.2, 0) is 16.1 Å². The lowest BCUT2D eigenvalue weighted by atomic mass is 10.1. The summed E-state index contributed by atoms with van der Waals surface area (Å²) < 4.78 is 10.7. The lowest BCUT2D eigenvalue weighted by Gasteiger charge is -2.34. The normalized spacial score (nSPS) is 16.8. The molecule has 0 atom stereocenters. The summed E-state index contributed by atoms with van der Waals surface area (Å²) in [5.74, 6) is 1.17. The summed E-state index contributed by atoms with van der Waals surface area (Å²) in [6.45, 7) is 8.44. The van der Waals surface area contributed by atoms with Crippen molar-refractivity contribution in [3.63, 3.8) is 0 Å². The summed E-state index contributed by atoms with van der Waals surface area (Å²) in [6.07, 6.45) is 0.877. The number of amides is 2. The van der Waals surface area contributed by atoms with Gasteiger partial charge in [0.15, 0.2) is 11.5 Å². The molecule has 0 unspecified atom stereocenters. The fraction of sp³-hybridized carbons (Fsp3) is 0.579. The van der Waals surface area contributed by atoms with E-state index >= 15 is 0 Å². The monoisotopic (exact) mass is 361 g/mol. The molecule has 0 aromatic heterocycles. The zero-order chi connectivity index (χ0) is 18.5. The van der Waals surface area contributed by atoms with Gasteiger partial charge in [-0.25, -0.2) is 0 Å². The highest BCUT2D eigenvalue weighted by Crippen LogP contribution is 2.32. The molecule has 1 aromatic carbocycles. The molecule has 2 aliphatic heterocycles. The largest absolute Gasteiger partial charge is 0.454 e. The van der Waals surface area contributed by atoms with Crippen LogP contribution < -0.4 is 14.8 Å². The van der Waals surface area contributed by atoms with Gasteiger partial charge in [0, 0.05) is 39.3 Å². The third-order valence-corrected chi connectivity index (χ3v) is 4.70. The average molecular weight is 361 g/mol. The number of carbonyl (C=O) groups is 2. The Hall–Kier alpha value is -2.28. The van der Waals surface area contributed by atoms with Gasteiger partial charge in [-0.05, 0) is 30.0 Å². The molecule has 0 bridgehead atoms. The Morgan fingerprint density at radius 3 is 2.58 bits per heavy atom. The van der Waals surface area contributed by atoms with Gasteiger partial charge in [0.05, 0.1) is 0 Å². The Labute approximate surface area is 154 Å². The summed E-state index contributed by atoms with van der Waals surface area (Å²) in [4.78, 5) is 28.1. The Balaban J connectivity index is 1.43. The highest BCUT2D eigenvalue weighted by atomic mass is 16.7. The van der Waals surface area contributed by atoms with Gasteiger partial charge >= 0.3 is 11.8 Å². The van der Waals surface area contributed by atoms with E-state index in [1.165, 1.54) is 0 Å². The fourth-order valence-electron chi connectivity index (χ4n) is 3.10. The number of ether oxygens (including phenoxy) is 2. The van der Waals surface area contributed by atoms with Crippen molar-refractivity contribution < 1.29 is 19.1 Å². The van der Waals surface area contributed by atoms with Crippen molar-refractivity contribution in [2.24, 2.45) is 5.92 Å². The lowest BCUT2D eigenvalue weighted by Crippen LogP contribution is -2.52. The van der Waals surface area contributed by atoms with Crippen molar-refractivity contribution >= 4 is 11.8 Å². The minimum Gasteiger partial charge on any atom is -0.454 e. The third-order valence-electron chi connectivity index (χ3n) is 4.70. The molecule has 1 fully saturated rings. The van der Waals surface area contributed by atoms with Gasteiger partial charge in [0.1, 0.15) is 0 Å². The molecule has 2 aliphatic rings. The van der Waals surface area contributed by atoms with Crippen molar-refractivity contribution in [3.8, 4) is 11.5 Å². The molecule has 2 amide bonds. The number of nitrogens with one attached hydrogen (secondary N) is 1. The van der Waals surface area contributed by atoms with Gasteiger partial charge in [-0.1, -0.05) is 19.9 Å². The summed E-state index contributed by atoms with van der Waals surface area (Å²) in [5, 5.41) is 2.72. The van der Waals surface area contributed by atoms with Crippen LogP contribution in [0, 0.1) is 5.92 Å². The van der Waals surface area contributed by atoms with E-state index in [9.17, 15) is 9.59 Å². The van der Waals surface area contributed by atoms with Gasteiger partial charge in [0.25, 0.3) is 0 Å². The summed E-state index contributed by atoms with van der Waals surface area (Å²) in [6, 6.07) is 5.97. The molecule has 0 radical (unpaired) electrons. The van der Waals surface area contributed by atoms with Gasteiger partial charge in [-0.2, -0.15) is 0 Å². The van der Waals surface area contributed by atoms with E-state index in [0.717, 1.165) is 43.1 Å². The van der Waals surface area contributed by atoms with Crippen LogP contribution in [-0.4, -0.2) is 61.1 Å². The molecule has 1 saturated heterocycles. The van der Waals surface area contributed by atoms with Crippen LogP contribution in [0.4, 0.5) is 0 Å². The summed E-state index contributed by atoms with van der Waals surface area (Å²) in [5.41, 5.74) is 1.15. The van der Waals surface area contributed by atoms with E-state index in [1.807, 2.05) is 18.2 Å². The van der Waals surface area contributed by atoms with Gasteiger partial charge in [-0.15, -0.1) is 0 Å². The average Bonchev–Trinajstić information content (AvgIpc) is 3.09. The van der Waals surface area contributed by atoms with Gasteiger partial charge in [-0.3, -0.25) is 14.5 Å². The molecule has 3 rings (SSSR count). The molecule has 0 spiro atoms. The van der Waals surface area contributed by atoms with Crippen molar-refractivity contribution in [2.45, 2.75) is 26.8 Å². The maximum atomic E-state index is 12.2. The Morgan fingerprint density at radius 1 is 1.12 bits per heavy atom. The van der Waals surface area contributed by atoms with E-state index < -0.39 is 11.8 Å². The Kier molecular flexibility index (Phi) is 5.98. The first kappa shape index (κ1) is 18.5. The first-order valence-electron chi connectivity index (χ1n) is 9.21. The maximum Gasteiger partial charge on any atom is 0.311 e. The number of nitrogens with zero attached hydrogens (tertiary/aromatic N) is 2. The molecule has 1 N–H and O–H groups in total. The van der Waals surface area contributed by atoms with Crippen LogP contribution in [0.25, 0.3) is 0 Å². The molecule has 26 heavy (non-hydrogen) atoms. The molecular weight excluding hydrogens is 334 g/mol. The Bertz CT molecular complexity index is 654. The zero-order valence-electron chi connectivity index (χ0n) is 15.5. The van der Waals surface area contributed by atoms with Crippen LogP contribution in [0.5, 0.6) is 11.5 Å². The van der Waals surface area contributed by atoms with Crippen molar-refractivity contribution in [1.29, 1.82) is 0 Å². The smallest absolute Gasteiger partial charge is 0.311 e. The number of piperazine rings is 1. The van der Waals surface area contributed by atoms with E-state index in [-0.39, 0.29) is 6.79 Å². The number of fused-ring (bicyclic) bond motifs is 1.